The van der Waals surface area contributed by atoms with Crippen molar-refractivity contribution in [3.8, 4) is 0 Å². The Morgan fingerprint density at radius 2 is 1.71 bits per heavy atom. The van der Waals surface area contributed by atoms with Crippen molar-refractivity contribution in [1.29, 1.82) is 0 Å². The highest BCUT2D eigenvalue weighted by atomic mass is 14.2. The summed E-state index contributed by atoms with van der Waals surface area (Å²) in [6.45, 7) is 6.78. The Morgan fingerprint density at radius 3 is 2.24 bits per heavy atom. The lowest BCUT2D eigenvalue weighted by atomic mass is 9.86. The van der Waals surface area contributed by atoms with E-state index in [1.54, 1.807) is 0 Å². The van der Waals surface area contributed by atoms with E-state index in [2.05, 4.69) is 63.3 Å². The van der Waals surface area contributed by atoms with Crippen LogP contribution in [0.2, 0.25) is 0 Å². The lowest BCUT2D eigenvalue weighted by Crippen LogP contribution is -2.10. The van der Waals surface area contributed by atoms with Gasteiger partial charge in [-0.1, -0.05) is 63.3 Å². The minimum atomic E-state index is 0.253. The average Bonchev–Trinajstić information content (AvgIpc) is 2.30. The van der Waals surface area contributed by atoms with Crippen LogP contribution in [-0.2, 0) is 11.8 Å². The molecule has 0 spiro atoms. The molecule has 0 atom stereocenters. The van der Waals surface area contributed by atoms with E-state index in [9.17, 15) is 0 Å². The molecular weight excluding hydrogens is 204 g/mol. The van der Waals surface area contributed by atoms with Gasteiger partial charge in [0.05, 0.1) is 0 Å². The number of hydrogen-bond donors (Lipinski definition) is 0. The molecule has 0 aliphatic heterocycles. The van der Waals surface area contributed by atoms with Crippen molar-refractivity contribution in [3.63, 3.8) is 0 Å². The summed E-state index contributed by atoms with van der Waals surface area (Å²) < 4.78 is 0. The van der Waals surface area contributed by atoms with Gasteiger partial charge in [-0.05, 0) is 41.4 Å². The van der Waals surface area contributed by atoms with E-state index in [1.165, 1.54) is 29.5 Å². The van der Waals surface area contributed by atoms with Crippen LogP contribution in [0.4, 0.5) is 0 Å². The van der Waals surface area contributed by atoms with Gasteiger partial charge in [-0.15, -0.1) is 0 Å². The average molecular weight is 226 g/mol. The molecule has 17 heavy (non-hydrogen) atoms. The molecule has 0 fully saturated rings. The van der Waals surface area contributed by atoms with Crippen molar-refractivity contribution in [3.05, 3.63) is 59.2 Å². The number of allylic oxidation sites excluding steroid dienone is 4. The van der Waals surface area contributed by atoms with Crippen LogP contribution >= 0.6 is 0 Å². The molecule has 0 saturated carbocycles. The standard InChI is InChI=1S/C17H22/c1-17(2,3)16-11-9-15(10-12-16)13-14-7-5-4-6-8-14/h5,7-12H,4,6,13H2,1-3H3. The maximum atomic E-state index is 2.36. The van der Waals surface area contributed by atoms with Gasteiger partial charge < -0.3 is 0 Å². The van der Waals surface area contributed by atoms with E-state index in [0.29, 0.717) is 0 Å². The second-order valence-electron chi connectivity index (χ2n) is 5.88. The zero-order chi connectivity index (χ0) is 12.3. The van der Waals surface area contributed by atoms with Crippen LogP contribution in [-0.4, -0.2) is 0 Å². The SMILES string of the molecule is CC(C)(C)c1ccc(CC2=CCCC=C2)cc1. The van der Waals surface area contributed by atoms with E-state index < -0.39 is 0 Å². The summed E-state index contributed by atoms with van der Waals surface area (Å²) in [6, 6.07) is 9.07. The molecule has 0 N–H and O–H groups in total. The summed E-state index contributed by atoms with van der Waals surface area (Å²) in [5.41, 5.74) is 4.53. The van der Waals surface area contributed by atoms with Gasteiger partial charge in [0, 0.05) is 0 Å². The summed E-state index contributed by atoms with van der Waals surface area (Å²) in [5, 5.41) is 0. The van der Waals surface area contributed by atoms with Gasteiger partial charge in [0.25, 0.3) is 0 Å². The monoisotopic (exact) mass is 226 g/mol. The molecular formula is C17H22. The van der Waals surface area contributed by atoms with Crippen LogP contribution in [0, 0.1) is 0 Å². The van der Waals surface area contributed by atoms with Gasteiger partial charge in [0.15, 0.2) is 0 Å². The Balaban J connectivity index is 2.08. The van der Waals surface area contributed by atoms with Gasteiger partial charge in [-0.2, -0.15) is 0 Å². The smallest absolute Gasteiger partial charge is 0.00290 e. The highest BCUT2D eigenvalue weighted by molar-refractivity contribution is 5.33. The Kier molecular flexibility index (Phi) is 3.51. The Bertz CT molecular complexity index is 424. The summed E-state index contributed by atoms with van der Waals surface area (Å²) in [4.78, 5) is 0. The molecule has 2 rings (SSSR count). The van der Waals surface area contributed by atoms with Crippen LogP contribution in [0.3, 0.4) is 0 Å². The highest BCUT2D eigenvalue weighted by Gasteiger charge is 2.12. The maximum Gasteiger partial charge on any atom is -0.00290 e. The summed E-state index contributed by atoms with van der Waals surface area (Å²) >= 11 is 0. The van der Waals surface area contributed by atoms with Gasteiger partial charge >= 0.3 is 0 Å². The molecule has 1 aromatic carbocycles. The van der Waals surface area contributed by atoms with Crippen molar-refractivity contribution >= 4 is 0 Å². The largest absolute Gasteiger partial charge is 0.0840 e. The minimum Gasteiger partial charge on any atom is -0.0840 e. The summed E-state index contributed by atoms with van der Waals surface area (Å²) in [7, 11) is 0. The lowest BCUT2D eigenvalue weighted by molar-refractivity contribution is 0.590. The molecule has 0 heteroatoms. The predicted octanol–water partition coefficient (Wildman–Crippen LogP) is 4.80. The maximum absolute atomic E-state index is 2.36. The Hall–Kier alpha value is -1.30. The highest BCUT2D eigenvalue weighted by Crippen LogP contribution is 2.23. The van der Waals surface area contributed by atoms with Crippen LogP contribution in [0.1, 0.15) is 44.7 Å². The minimum absolute atomic E-state index is 0.253. The van der Waals surface area contributed by atoms with Crippen LogP contribution < -0.4 is 0 Å². The molecule has 0 saturated heterocycles. The van der Waals surface area contributed by atoms with Crippen molar-refractivity contribution < 1.29 is 0 Å². The molecule has 0 radical (unpaired) electrons. The van der Waals surface area contributed by atoms with Gasteiger partial charge in [-0.3, -0.25) is 0 Å². The number of benzene rings is 1. The molecule has 0 aromatic heterocycles. The molecule has 0 nitrogen and oxygen atoms in total. The molecule has 1 aliphatic carbocycles. The fourth-order valence-electron chi connectivity index (χ4n) is 2.16. The molecule has 0 bridgehead atoms. The van der Waals surface area contributed by atoms with Gasteiger partial charge in [-0.25, -0.2) is 0 Å². The second kappa shape index (κ2) is 4.91. The fourth-order valence-corrected chi connectivity index (χ4v) is 2.16. The van der Waals surface area contributed by atoms with Gasteiger partial charge in [0.1, 0.15) is 0 Å². The van der Waals surface area contributed by atoms with E-state index in [-0.39, 0.29) is 5.41 Å². The normalized spacial score (nSPS) is 15.8. The molecule has 1 aliphatic rings. The molecule has 0 heterocycles. The molecule has 0 unspecified atom stereocenters. The third-order valence-corrected chi connectivity index (χ3v) is 3.30. The van der Waals surface area contributed by atoms with Crippen molar-refractivity contribution in [2.45, 2.75) is 45.4 Å². The number of rotatable bonds is 2. The third kappa shape index (κ3) is 3.33. The van der Waals surface area contributed by atoms with E-state index in [4.69, 9.17) is 0 Å². The fraction of sp³-hybridized carbons (Fsp3) is 0.412. The van der Waals surface area contributed by atoms with Gasteiger partial charge in [0.2, 0.25) is 0 Å². The van der Waals surface area contributed by atoms with E-state index in [0.717, 1.165) is 6.42 Å². The first-order valence-corrected chi connectivity index (χ1v) is 6.51. The molecule has 1 aromatic rings. The summed E-state index contributed by atoms with van der Waals surface area (Å²) in [5.74, 6) is 0. The van der Waals surface area contributed by atoms with E-state index >= 15 is 0 Å². The summed E-state index contributed by atoms with van der Waals surface area (Å²) in [6.07, 6.45) is 10.4. The van der Waals surface area contributed by atoms with Crippen LogP contribution in [0.25, 0.3) is 0 Å². The van der Waals surface area contributed by atoms with Crippen molar-refractivity contribution in [2.75, 3.05) is 0 Å². The van der Waals surface area contributed by atoms with Crippen LogP contribution in [0.5, 0.6) is 0 Å². The number of hydrogen-bond acceptors (Lipinski definition) is 0. The molecule has 0 amide bonds. The Morgan fingerprint density at radius 1 is 1.00 bits per heavy atom. The second-order valence-corrected chi connectivity index (χ2v) is 5.88. The predicted molar refractivity (Wildman–Crippen MR) is 75.3 cm³/mol. The first-order valence-electron chi connectivity index (χ1n) is 6.51. The quantitative estimate of drug-likeness (QED) is 0.679. The van der Waals surface area contributed by atoms with Crippen molar-refractivity contribution in [1.82, 2.24) is 0 Å². The lowest BCUT2D eigenvalue weighted by Gasteiger charge is -2.19. The zero-order valence-electron chi connectivity index (χ0n) is 11.2. The van der Waals surface area contributed by atoms with Crippen LogP contribution in [0.15, 0.2) is 48.1 Å². The first kappa shape index (κ1) is 12.2. The molecule has 90 valence electrons. The Labute approximate surface area is 105 Å². The first-order chi connectivity index (χ1) is 8.05. The van der Waals surface area contributed by atoms with E-state index in [1.807, 2.05) is 0 Å². The van der Waals surface area contributed by atoms with Crippen molar-refractivity contribution in [2.24, 2.45) is 0 Å². The third-order valence-electron chi connectivity index (χ3n) is 3.30. The topological polar surface area (TPSA) is 0 Å². The zero-order valence-corrected chi connectivity index (χ0v) is 11.2.